The van der Waals surface area contributed by atoms with Crippen molar-refractivity contribution < 1.29 is 0 Å². The summed E-state index contributed by atoms with van der Waals surface area (Å²) in [6.07, 6.45) is 0. The number of hydrogen-bond acceptors (Lipinski definition) is 4. The first-order chi connectivity index (χ1) is 14.0. The Labute approximate surface area is 176 Å². The second-order valence-electron chi connectivity index (χ2n) is 8.12. The van der Waals surface area contributed by atoms with E-state index in [0.29, 0.717) is 34.2 Å². The molecule has 0 aliphatic carbocycles. The van der Waals surface area contributed by atoms with Gasteiger partial charge < -0.3 is 4.98 Å². The second-order valence-corrected chi connectivity index (χ2v) is 8.56. The topological polar surface area (TPSA) is 52.2 Å². The molecule has 0 unspecified atom stereocenters. The van der Waals surface area contributed by atoms with E-state index < -0.39 is 0 Å². The molecule has 2 aromatic carbocycles. The van der Waals surface area contributed by atoms with Gasteiger partial charge in [-0.3, -0.25) is 14.6 Å². The fraction of sp³-hybridized carbons (Fsp3) is 0.391. The molecule has 0 saturated carbocycles. The Morgan fingerprint density at radius 3 is 2.31 bits per heavy atom. The number of aromatic amines is 1. The number of nitrogens with zero attached hydrogens (tertiary/aromatic N) is 3. The summed E-state index contributed by atoms with van der Waals surface area (Å²) < 4.78 is 0. The van der Waals surface area contributed by atoms with Crippen molar-refractivity contribution in [2.75, 3.05) is 26.2 Å². The van der Waals surface area contributed by atoms with Crippen molar-refractivity contribution in [2.24, 2.45) is 0 Å². The molecule has 5 nitrogen and oxygen atoms in total. The Balaban J connectivity index is 1.35. The number of aromatic nitrogens is 2. The van der Waals surface area contributed by atoms with Crippen molar-refractivity contribution >= 4 is 22.5 Å². The number of H-pyrrole nitrogens is 1. The van der Waals surface area contributed by atoms with Crippen molar-refractivity contribution in [3.8, 4) is 0 Å². The van der Waals surface area contributed by atoms with Crippen molar-refractivity contribution in [1.29, 1.82) is 0 Å². The van der Waals surface area contributed by atoms with Gasteiger partial charge in [0.1, 0.15) is 5.82 Å². The van der Waals surface area contributed by atoms with Gasteiger partial charge in [-0.25, -0.2) is 4.98 Å². The van der Waals surface area contributed by atoms with Gasteiger partial charge >= 0.3 is 0 Å². The summed E-state index contributed by atoms with van der Waals surface area (Å²) in [5.41, 5.74) is 3.29. The average Bonchev–Trinajstić information content (AvgIpc) is 2.69. The van der Waals surface area contributed by atoms with E-state index in [-0.39, 0.29) is 5.56 Å². The van der Waals surface area contributed by atoms with Gasteiger partial charge in [0.05, 0.1) is 17.4 Å². The number of hydrogen-bond donors (Lipinski definition) is 1. The van der Waals surface area contributed by atoms with Gasteiger partial charge in [0.25, 0.3) is 5.56 Å². The summed E-state index contributed by atoms with van der Waals surface area (Å²) in [6.45, 7) is 10.0. The molecule has 1 fully saturated rings. The van der Waals surface area contributed by atoms with Crippen LogP contribution in [0.5, 0.6) is 0 Å². The van der Waals surface area contributed by atoms with Crippen LogP contribution in [0, 0.1) is 0 Å². The SMILES string of the molecule is CC(C)c1ccc(CN2CCN(Cc3nc4cc(Cl)ccc4c(=O)[nH]3)CC2)cc1. The van der Waals surface area contributed by atoms with Gasteiger partial charge in [0.2, 0.25) is 0 Å². The van der Waals surface area contributed by atoms with E-state index in [0.717, 1.165) is 32.7 Å². The Hall–Kier alpha value is -2.21. The predicted molar refractivity (Wildman–Crippen MR) is 118 cm³/mol. The molecule has 1 aliphatic rings. The molecule has 1 aliphatic heterocycles. The maximum atomic E-state index is 12.3. The molecule has 1 saturated heterocycles. The van der Waals surface area contributed by atoms with Crippen molar-refractivity contribution in [3.63, 3.8) is 0 Å². The molecule has 152 valence electrons. The minimum Gasteiger partial charge on any atom is -0.309 e. The first-order valence-corrected chi connectivity index (χ1v) is 10.6. The van der Waals surface area contributed by atoms with E-state index in [9.17, 15) is 4.79 Å². The van der Waals surface area contributed by atoms with Crippen LogP contribution < -0.4 is 5.56 Å². The number of piperazine rings is 1. The van der Waals surface area contributed by atoms with E-state index >= 15 is 0 Å². The molecule has 0 spiro atoms. The van der Waals surface area contributed by atoms with Gasteiger partial charge in [0, 0.05) is 37.7 Å². The van der Waals surface area contributed by atoms with Crippen LogP contribution >= 0.6 is 11.6 Å². The monoisotopic (exact) mass is 410 g/mol. The first-order valence-electron chi connectivity index (χ1n) is 10.2. The first kappa shape index (κ1) is 20.1. The van der Waals surface area contributed by atoms with Crippen LogP contribution in [0.25, 0.3) is 10.9 Å². The van der Waals surface area contributed by atoms with E-state index in [1.165, 1.54) is 11.1 Å². The summed E-state index contributed by atoms with van der Waals surface area (Å²) in [6, 6.07) is 14.2. The molecule has 1 aromatic heterocycles. The van der Waals surface area contributed by atoms with Crippen molar-refractivity contribution in [2.45, 2.75) is 32.9 Å². The third kappa shape index (κ3) is 4.86. The van der Waals surface area contributed by atoms with E-state index in [1.54, 1.807) is 18.2 Å². The number of halogens is 1. The van der Waals surface area contributed by atoms with Gasteiger partial charge in [-0.1, -0.05) is 49.7 Å². The Morgan fingerprint density at radius 2 is 1.66 bits per heavy atom. The lowest BCUT2D eigenvalue weighted by atomic mass is 10.0. The molecule has 2 heterocycles. The van der Waals surface area contributed by atoms with Gasteiger partial charge in [-0.15, -0.1) is 0 Å². The van der Waals surface area contributed by atoms with Crippen LogP contribution in [0.3, 0.4) is 0 Å². The van der Waals surface area contributed by atoms with Gasteiger partial charge in [0.15, 0.2) is 0 Å². The van der Waals surface area contributed by atoms with Crippen molar-refractivity contribution in [3.05, 3.63) is 74.8 Å². The second kappa shape index (κ2) is 8.66. The minimum absolute atomic E-state index is 0.106. The predicted octanol–water partition coefficient (Wildman–Crippen LogP) is 4.02. The van der Waals surface area contributed by atoms with Crippen LogP contribution in [-0.4, -0.2) is 45.9 Å². The fourth-order valence-electron chi connectivity index (χ4n) is 3.82. The van der Waals surface area contributed by atoms with Crippen molar-refractivity contribution in [1.82, 2.24) is 19.8 Å². The molecular formula is C23H27ClN4O. The number of fused-ring (bicyclic) bond motifs is 1. The Morgan fingerprint density at radius 1 is 1.00 bits per heavy atom. The van der Waals surface area contributed by atoms with Crippen LogP contribution in [0.15, 0.2) is 47.3 Å². The quantitative estimate of drug-likeness (QED) is 0.690. The lowest BCUT2D eigenvalue weighted by Crippen LogP contribution is -2.45. The largest absolute Gasteiger partial charge is 0.309 e. The molecule has 1 N–H and O–H groups in total. The summed E-state index contributed by atoms with van der Waals surface area (Å²) in [4.78, 5) is 24.7. The lowest BCUT2D eigenvalue weighted by molar-refractivity contribution is 0.120. The highest BCUT2D eigenvalue weighted by Crippen LogP contribution is 2.17. The van der Waals surface area contributed by atoms with E-state index in [2.05, 4.69) is 57.9 Å². The molecule has 6 heteroatoms. The zero-order valence-electron chi connectivity index (χ0n) is 17.0. The Bertz CT molecular complexity index is 1040. The van der Waals surface area contributed by atoms with E-state index in [1.807, 2.05) is 0 Å². The summed E-state index contributed by atoms with van der Waals surface area (Å²) in [7, 11) is 0. The fourth-order valence-corrected chi connectivity index (χ4v) is 3.99. The molecule has 4 rings (SSSR count). The molecule has 0 amide bonds. The summed E-state index contributed by atoms with van der Waals surface area (Å²) >= 11 is 6.05. The average molecular weight is 411 g/mol. The number of nitrogens with one attached hydrogen (secondary N) is 1. The lowest BCUT2D eigenvalue weighted by Gasteiger charge is -2.34. The summed E-state index contributed by atoms with van der Waals surface area (Å²) in [5, 5.41) is 1.17. The molecule has 0 atom stereocenters. The molecule has 3 aromatic rings. The normalized spacial score (nSPS) is 16.0. The Kier molecular flexibility index (Phi) is 5.99. The van der Waals surface area contributed by atoms with Crippen LogP contribution in [-0.2, 0) is 13.1 Å². The highest BCUT2D eigenvalue weighted by atomic mass is 35.5. The number of rotatable bonds is 5. The maximum Gasteiger partial charge on any atom is 0.258 e. The molecular weight excluding hydrogens is 384 g/mol. The number of benzene rings is 2. The van der Waals surface area contributed by atoms with Crippen LogP contribution in [0.1, 0.15) is 36.7 Å². The zero-order chi connectivity index (χ0) is 20.4. The summed E-state index contributed by atoms with van der Waals surface area (Å²) in [5.74, 6) is 1.27. The van der Waals surface area contributed by atoms with Gasteiger partial charge in [-0.05, 0) is 35.2 Å². The molecule has 0 bridgehead atoms. The van der Waals surface area contributed by atoms with Crippen LogP contribution in [0.2, 0.25) is 5.02 Å². The smallest absolute Gasteiger partial charge is 0.258 e. The highest BCUT2D eigenvalue weighted by Gasteiger charge is 2.18. The molecule has 0 radical (unpaired) electrons. The maximum absolute atomic E-state index is 12.3. The van der Waals surface area contributed by atoms with E-state index in [4.69, 9.17) is 11.6 Å². The van der Waals surface area contributed by atoms with Gasteiger partial charge in [-0.2, -0.15) is 0 Å². The third-order valence-corrected chi connectivity index (χ3v) is 5.84. The zero-order valence-corrected chi connectivity index (χ0v) is 17.7. The molecule has 29 heavy (non-hydrogen) atoms. The minimum atomic E-state index is -0.106. The third-order valence-electron chi connectivity index (χ3n) is 5.61. The standard InChI is InChI=1S/C23H27ClN4O/c1-16(2)18-5-3-17(4-6-18)14-27-9-11-28(12-10-27)15-22-25-21-13-19(24)7-8-20(21)23(29)26-22/h3-8,13,16H,9-12,14-15H2,1-2H3,(H,25,26,29). The van der Waals surface area contributed by atoms with Crippen LogP contribution in [0.4, 0.5) is 0 Å². The highest BCUT2D eigenvalue weighted by molar-refractivity contribution is 6.31.